The van der Waals surface area contributed by atoms with Gasteiger partial charge in [-0.2, -0.15) is 0 Å². The van der Waals surface area contributed by atoms with E-state index in [9.17, 15) is 4.79 Å². The summed E-state index contributed by atoms with van der Waals surface area (Å²) >= 11 is 0. The van der Waals surface area contributed by atoms with Crippen LogP contribution in [0.2, 0.25) is 0 Å². The van der Waals surface area contributed by atoms with Gasteiger partial charge in [0.05, 0.1) is 0 Å². The highest BCUT2D eigenvalue weighted by atomic mass is 16.1. The quantitative estimate of drug-likeness (QED) is 0.766. The summed E-state index contributed by atoms with van der Waals surface area (Å²) in [5.41, 5.74) is 6.99. The summed E-state index contributed by atoms with van der Waals surface area (Å²) in [6.07, 6.45) is 3.48. The van der Waals surface area contributed by atoms with Crippen molar-refractivity contribution in [3.8, 4) is 0 Å². The van der Waals surface area contributed by atoms with Gasteiger partial charge in [-0.3, -0.25) is 4.79 Å². The van der Waals surface area contributed by atoms with E-state index in [1.54, 1.807) is 0 Å². The molecular formula is C16H25NO. The maximum absolute atomic E-state index is 12.0. The maximum atomic E-state index is 12.0. The largest absolute Gasteiger partial charge is 0.330 e. The van der Waals surface area contributed by atoms with Crippen LogP contribution in [0.3, 0.4) is 0 Å². The van der Waals surface area contributed by atoms with Crippen LogP contribution >= 0.6 is 0 Å². The monoisotopic (exact) mass is 247 g/mol. The van der Waals surface area contributed by atoms with Gasteiger partial charge in [-0.05, 0) is 30.7 Å². The molecule has 0 heterocycles. The van der Waals surface area contributed by atoms with Crippen molar-refractivity contribution in [2.45, 2.75) is 39.5 Å². The average Bonchev–Trinajstić information content (AvgIpc) is 2.36. The number of nitrogens with two attached hydrogens (primary N) is 1. The third-order valence-electron chi connectivity index (χ3n) is 3.23. The van der Waals surface area contributed by atoms with E-state index in [-0.39, 0.29) is 5.92 Å². The number of carbonyl (C=O) groups excluding carboxylic acids is 1. The molecule has 0 aliphatic rings. The zero-order valence-corrected chi connectivity index (χ0v) is 11.6. The summed E-state index contributed by atoms with van der Waals surface area (Å²) in [6.45, 7) is 4.77. The van der Waals surface area contributed by atoms with Crippen molar-refractivity contribution in [2.75, 3.05) is 6.54 Å². The number of carbonyl (C=O) groups is 1. The first kappa shape index (κ1) is 14.9. The predicted octanol–water partition coefficient (Wildman–Crippen LogP) is 3.20. The number of hydrogen-bond donors (Lipinski definition) is 1. The van der Waals surface area contributed by atoms with Crippen LogP contribution in [0.4, 0.5) is 0 Å². The predicted molar refractivity (Wildman–Crippen MR) is 76.4 cm³/mol. The number of benzene rings is 1. The minimum absolute atomic E-state index is 0.0563. The molecule has 2 heteroatoms. The topological polar surface area (TPSA) is 43.1 Å². The molecule has 0 saturated heterocycles. The molecule has 0 bridgehead atoms. The van der Waals surface area contributed by atoms with Gasteiger partial charge in [0.1, 0.15) is 5.78 Å². The van der Waals surface area contributed by atoms with Crippen molar-refractivity contribution in [3.63, 3.8) is 0 Å². The summed E-state index contributed by atoms with van der Waals surface area (Å²) in [4.78, 5) is 12.0. The van der Waals surface area contributed by atoms with Crippen molar-refractivity contribution in [2.24, 2.45) is 17.6 Å². The first-order chi connectivity index (χ1) is 8.63. The molecule has 0 aromatic heterocycles. The van der Waals surface area contributed by atoms with Gasteiger partial charge in [-0.1, -0.05) is 44.2 Å². The second-order valence-corrected chi connectivity index (χ2v) is 5.37. The van der Waals surface area contributed by atoms with E-state index in [1.807, 2.05) is 18.2 Å². The Kier molecular flexibility index (Phi) is 6.66. The van der Waals surface area contributed by atoms with Gasteiger partial charge < -0.3 is 5.73 Å². The molecule has 0 aliphatic heterocycles. The molecule has 0 saturated carbocycles. The van der Waals surface area contributed by atoms with E-state index in [0.717, 1.165) is 19.3 Å². The van der Waals surface area contributed by atoms with Crippen LogP contribution in [0.5, 0.6) is 0 Å². The van der Waals surface area contributed by atoms with Crippen LogP contribution in [0.25, 0.3) is 0 Å². The summed E-state index contributed by atoms with van der Waals surface area (Å²) in [6, 6.07) is 10.3. The molecule has 1 unspecified atom stereocenters. The molecule has 100 valence electrons. The van der Waals surface area contributed by atoms with Crippen LogP contribution in [-0.2, 0) is 11.2 Å². The molecule has 1 aromatic carbocycles. The Morgan fingerprint density at radius 3 is 2.44 bits per heavy atom. The highest BCUT2D eigenvalue weighted by Gasteiger charge is 2.17. The lowest BCUT2D eigenvalue weighted by Crippen LogP contribution is -2.25. The summed E-state index contributed by atoms with van der Waals surface area (Å²) in [5.74, 6) is 0.930. The fraction of sp³-hybridized carbons (Fsp3) is 0.562. The standard InChI is InChI=1S/C16H25NO/c1-13(2)11-15(12-17)16(18)10-6-9-14-7-4-3-5-8-14/h3-5,7-8,13,15H,6,9-12,17H2,1-2H3. The van der Waals surface area contributed by atoms with Gasteiger partial charge in [-0.25, -0.2) is 0 Å². The minimum atomic E-state index is 0.0563. The number of aryl methyl sites for hydroxylation is 1. The van der Waals surface area contributed by atoms with Crippen molar-refractivity contribution in [3.05, 3.63) is 35.9 Å². The van der Waals surface area contributed by atoms with Crippen LogP contribution in [0.1, 0.15) is 38.7 Å². The highest BCUT2D eigenvalue weighted by molar-refractivity contribution is 5.81. The van der Waals surface area contributed by atoms with Gasteiger partial charge >= 0.3 is 0 Å². The van der Waals surface area contributed by atoms with Crippen LogP contribution in [0.15, 0.2) is 30.3 Å². The van der Waals surface area contributed by atoms with Gasteiger partial charge in [0, 0.05) is 18.9 Å². The normalized spacial score (nSPS) is 12.7. The molecule has 18 heavy (non-hydrogen) atoms. The molecule has 2 nitrogen and oxygen atoms in total. The lowest BCUT2D eigenvalue weighted by molar-refractivity contribution is -0.123. The first-order valence-electron chi connectivity index (χ1n) is 6.90. The molecule has 0 spiro atoms. The van der Waals surface area contributed by atoms with Crippen LogP contribution in [-0.4, -0.2) is 12.3 Å². The third-order valence-corrected chi connectivity index (χ3v) is 3.23. The summed E-state index contributed by atoms with van der Waals surface area (Å²) in [5, 5.41) is 0. The Labute approximate surface area is 111 Å². The van der Waals surface area contributed by atoms with E-state index in [4.69, 9.17) is 5.73 Å². The molecule has 0 aliphatic carbocycles. The lowest BCUT2D eigenvalue weighted by atomic mass is 9.90. The molecule has 1 atom stereocenters. The third kappa shape index (κ3) is 5.46. The summed E-state index contributed by atoms with van der Waals surface area (Å²) in [7, 11) is 0. The maximum Gasteiger partial charge on any atom is 0.137 e. The van der Waals surface area contributed by atoms with Crippen LogP contribution in [0, 0.1) is 11.8 Å². The van der Waals surface area contributed by atoms with Crippen molar-refractivity contribution < 1.29 is 4.79 Å². The van der Waals surface area contributed by atoms with E-state index in [0.29, 0.717) is 24.7 Å². The second-order valence-electron chi connectivity index (χ2n) is 5.37. The number of ketones is 1. The fourth-order valence-electron chi connectivity index (χ4n) is 2.24. The lowest BCUT2D eigenvalue weighted by Gasteiger charge is -2.15. The molecule has 1 rings (SSSR count). The van der Waals surface area contributed by atoms with Crippen LogP contribution < -0.4 is 5.73 Å². The number of Topliss-reactive ketones (excluding diaryl/α,β-unsaturated/α-hetero) is 1. The Morgan fingerprint density at radius 2 is 1.89 bits per heavy atom. The SMILES string of the molecule is CC(C)CC(CN)C(=O)CCCc1ccccc1. The van der Waals surface area contributed by atoms with Gasteiger partial charge in [0.15, 0.2) is 0 Å². The molecule has 2 N–H and O–H groups in total. The minimum Gasteiger partial charge on any atom is -0.330 e. The van der Waals surface area contributed by atoms with Gasteiger partial charge in [0.25, 0.3) is 0 Å². The fourth-order valence-corrected chi connectivity index (χ4v) is 2.24. The number of rotatable bonds is 8. The molecular weight excluding hydrogens is 222 g/mol. The van der Waals surface area contributed by atoms with E-state index < -0.39 is 0 Å². The Hall–Kier alpha value is -1.15. The molecule has 1 aromatic rings. The van der Waals surface area contributed by atoms with Gasteiger partial charge in [-0.15, -0.1) is 0 Å². The Morgan fingerprint density at radius 1 is 1.22 bits per heavy atom. The zero-order valence-electron chi connectivity index (χ0n) is 11.6. The van der Waals surface area contributed by atoms with Gasteiger partial charge in [0.2, 0.25) is 0 Å². The zero-order chi connectivity index (χ0) is 13.4. The second kappa shape index (κ2) is 8.04. The Balaban J connectivity index is 2.31. The first-order valence-corrected chi connectivity index (χ1v) is 6.90. The highest BCUT2D eigenvalue weighted by Crippen LogP contribution is 2.15. The molecule has 0 radical (unpaired) electrons. The summed E-state index contributed by atoms with van der Waals surface area (Å²) < 4.78 is 0. The van der Waals surface area contributed by atoms with E-state index in [2.05, 4.69) is 26.0 Å². The van der Waals surface area contributed by atoms with E-state index in [1.165, 1.54) is 5.56 Å². The Bertz CT molecular complexity index is 345. The smallest absolute Gasteiger partial charge is 0.137 e. The van der Waals surface area contributed by atoms with E-state index >= 15 is 0 Å². The average molecular weight is 247 g/mol. The van der Waals surface area contributed by atoms with Crippen molar-refractivity contribution >= 4 is 5.78 Å². The number of hydrogen-bond acceptors (Lipinski definition) is 2. The molecule has 0 amide bonds. The van der Waals surface area contributed by atoms with Crippen molar-refractivity contribution in [1.82, 2.24) is 0 Å². The van der Waals surface area contributed by atoms with Crippen molar-refractivity contribution in [1.29, 1.82) is 0 Å². The molecule has 0 fully saturated rings.